The van der Waals surface area contributed by atoms with Crippen molar-refractivity contribution in [3.63, 3.8) is 0 Å². The number of carbonyl (C=O) groups is 1. The van der Waals surface area contributed by atoms with E-state index in [4.69, 9.17) is 13.1 Å². The topological polar surface area (TPSA) is 49.3 Å². The van der Waals surface area contributed by atoms with Crippen LogP contribution in [0.25, 0.3) is 0 Å². The van der Waals surface area contributed by atoms with Crippen molar-refractivity contribution in [1.29, 1.82) is 0 Å². The van der Waals surface area contributed by atoms with Gasteiger partial charge in [-0.1, -0.05) is 36.4 Å². The molecule has 100 valence electrons. The summed E-state index contributed by atoms with van der Waals surface area (Å²) in [5.74, 6) is -0.978. The average molecular weight is 265 g/mol. The monoisotopic (exact) mass is 265 g/mol. The molecular formula is C16H16BNO2. The fourth-order valence-electron chi connectivity index (χ4n) is 2.19. The molecule has 0 saturated heterocycles. The second kappa shape index (κ2) is 6.80. The Morgan fingerprint density at radius 2 is 1.75 bits per heavy atom. The molecule has 0 unspecified atom stereocenters. The number of nitrogens with one attached hydrogen (secondary N) is 1. The van der Waals surface area contributed by atoms with E-state index < -0.39 is 5.97 Å². The van der Waals surface area contributed by atoms with Gasteiger partial charge in [0.2, 0.25) is 7.98 Å². The maximum absolute atomic E-state index is 11.0. The molecular weight excluding hydrogens is 249 g/mol. The molecule has 0 saturated carbocycles. The Morgan fingerprint density at radius 1 is 1.05 bits per heavy atom. The molecule has 0 aliphatic heterocycles. The van der Waals surface area contributed by atoms with Crippen LogP contribution in [0.4, 0.5) is 5.69 Å². The highest BCUT2D eigenvalue weighted by Crippen LogP contribution is 2.19. The molecule has 0 aromatic heterocycles. The first-order valence-corrected chi connectivity index (χ1v) is 6.57. The first kappa shape index (κ1) is 14.2. The largest absolute Gasteiger partial charge is 0.478 e. The van der Waals surface area contributed by atoms with Crippen molar-refractivity contribution in [2.45, 2.75) is 19.3 Å². The van der Waals surface area contributed by atoms with Crippen LogP contribution in [-0.4, -0.2) is 19.1 Å². The molecule has 0 heterocycles. The molecule has 2 N–H and O–H groups in total. The molecule has 0 aliphatic carbocycles. The summed E-state index contributed by atoms with van der Waals surface area (Å²) in [6, 6.07) is 15.5. The van der Waals surface area contributed by atoms with Gasteiger partial charge in [-0.2, -0.15) is 0 Å². The number of carboxylic acid groups (broad SMARTS) is 1. The zero-order chi connectivity index (χ0) is 14.4. The Bertz CT molecular complexity index is 584. The summed E-state index contributed by atoms with van der Waals surface area (Å²) in [5, 5.41) is 11.5. The lowest BCUT2D eigenvalue weighted by atomic mass is 10.0. The molecule has 3 nitrogen and oxygen atoms in total. The fraction of sp³-hybridized carbons (Fsp3) is 0.188. The van der Waals surface area contributed by atoms with E-state index in [2.05, 4.69) is 17.4 Å². The van der Waals surface area contributed by atoms with E-state index in [0.717, 1.165) is 24.8 Å². The predicted molar refractivity (Wildman–Crippen MR) is 81.2 cm³/mol. The van der Waals surface area contributed by atoms with Crippen molar-refractivity contribution in [2.24, 2.45) is 0 Å². The van der Waals surface area contributed by atoms with Crippen molar-refractivity contribution >= 4 is 19.6 Å². The summed E-state index contributed by atoms with van der Waals surface area (Å²) in [7, 11) is 5.36. The second-order valence-corrected chi connectivity index (χ2v) is 4.67. The quantitative estimate of drug-likeness (QED) is 0.789. The summed E-state index contributed by atoms with van der Waals surface area (Å²) >= 11 is 0. The molecule has 4 heteroatoms. The lowest BCUT2D eigenvalue weighted by Crippen LogP contribution is -2.04. The van der Waals surface area contributed by atoms with E-state index >= 15 is 0 Å². The first-order chi connectivity index (χ1) is 9.70. The molecule has 0 amide bonds. The molecule has 2 radical (unpaired) electrons. The maximum Gasteiger partial charge on any atom is 0.337 e. The molecule has 0 fully saturated rings. The van der Waals surface area contributed by atoms with E-state index in [1.807, 2.05) is 24.3 Å². The third-order valence-corrected chi connectivity index (χ3v) is 3.24. The summed E-state index contributed by atoms with van der Waals surface area (Å²) in [6.07, 6.45) is 2.91. The smallest absolute Gasteiger partial charge is 0.337 e. The summed E-state index contributed by atoms with van der Waals surface area (Å²) in [6.45, 7) is 0. The van der Waals surface area contributed by atoms with E-state index in [1.165, 1.54) is 5.56 Å². The minimum absolute atomic E-state index is 0.194. The maximum atomic E-state index is 11.0. The van der Waals surface area contributed by atoms with E-state index in [9.17, 15) is 4.79 Å². The zero-order valence-corrected chi connectivity index (χ0v) is 11.2. The highest BCUT2D eigenvalue weighted by Gasteiger charge is 2.09. The van der Waals surface area contributed by atoms with Crippen LogP contribution in [0, 0.1) is 0 Å². The van der Waals surface area contributed by atoms with Crippen molar-refractivity contribution in [3.05, 3.63) is 65.2 Å². The van der Waals surface area contributed by atoms with Crippen molar-refractivity contribution in [2.75, 3.05) is 5.23 Å². The second-order valence-electron chi connectivity index (χ2n) is 4.67. The normalized spacial score (nSPS) is 10.2. The lowest BCUT2D eigenvalue weighted by Gasteiger charge is -2.09. The SMILES string of the molecule is [B]Nc1cc(CCCc2ccccc2)ccc1C(=O)O. The Labute approximate surface area is 120 Å². The van der Waals surface area contributed by atoms with Crippen LogP contribution in [0.2, 0.25) is 0 Å². The van der Waals surface area contributed by atoms with Crippen LogP contribution >= 0.6 is 0 Å². The van der Waals surface area contributed by atoms with Gasteiger partial charge in [-0.3, -0.25) is 0 Å². The molecule has 2 aromatic rings. The number of benzene rings is 2. The number of anilines is 1. The average Bonchev–Trinajstić information content (AvgIpc) is 2.48. The number of carboxylic acids is 1. The van der Waals surface area contributed by atoms with Crippen LogP contribution in [0.5, 0.6) is 0 Å². The molecule has 20 heavy (non-hydrogen) atoms. The van der Waals surface area contributed by atoms with Crippen LogP contribution in [-0.2, 0) is 12.8 Å². The van der Waals surface area contributed by atoms with Gasteiger partial charge in [0.25, 0.3) is 0 Å². The predicted octanol–water partition coefficient (Wildman–Crippen LogP) is 3.06. The molecule has 0 spiro atoms. The number of aryl methyl sites for hydroxylation is 2. The molecule has 0 aliphatic rings. The number of rotatable bonds is 6. The van der Waals surface area contributed by atoms with Crippen LogP contribution in [0.3, 0.4) is 0 Å². The number of hydrogen-bond donors (Lipinski definition) is 2. The number of aromatic carboxylic acids is 1. The van der Waals surface area contributed by atoms with Crippen molar-refractivity contribution in [3.8, 4) is 0 Å². The zero-order valence-electron chi connectivity index (χ0n) is 11.2. The molecule has 2 aromatic carbocycles. The molecule has 0 atom stereocenters. The van der Waals surface area contributed by atoms with Gasteiger partial charge in [-0.25, -0.2) is 4.79 Å². The van der Waals surface area contributed by atoms with Crippen LogP contribution < -0.4 is 5.23 Å². The Hall–Kier alpha value is -2.23. The van der Waals surface area contributed by atoms with Gasteiger partial charge in [0, 0.05) is 5.69 Å². The van der Waals surface area contributed by atoms with Crippen molar-refractivity contribution < 1.29 is 9.90 Å². The van der Waals surface area contributed by atoms with Crippen LogP contribution in [0.1, 0.15) is 27.9 Å². The van der Waals surface area contributed by atoms with Gasteiger partial charge < -0.3 is 10.3 Å². The Balaban J connectivity index is 1.98. The van der Waals surface area contributed by atoms with Crippen molar-refractivity contribution in [1.82, 2.24) is 0 Å². The van der Waals surface area contributed by atoms with Gasteiger partial charge in [0.05, 0.1) is 5.56 Å². The highest BCUT2D eigenvalue weighted by molar-refractivity contribution is 6.17. The summed E-state index contributed by atoms with van der Waals surface area (Å²) < 4.78 is 0. The third-order valence-electron chi connectivity index (χ3n) is 3.24. The highest BCUT2D eigenvalue weighted by atomic mass is 16.4. The Morgan fingerprint density at radius 3 is 2.40 bits per heavy atom. The van der Waals surface area contributed by atoms with Gasteiger partial charge in [0.15, 0.2) is 0 Å². The minimum Gasteiger partial charge on any atom is -0.478 e. The van der Waals surface area contributed by atoms with Gasteiger partial charge in [-0.05, 0) is 42.5 Å². The summed E-state index contributed by atoms with van der Waals surface area (Å²) in [5.41, 5.74) is 3.04. The number of hydrogen-bond acceptors (Lipinski definition) is 2. The van der Waals surface area contributed by atoms with Gasteiger partial charge >= 0.3 is 5.97 Å². The standard InChI is InChI=1S/C16H16BNO2/c17-18-15-11-13(9-10-14(15)16(19)20)8-4-7-12-5-2-1-3-6-12/h1-3,5-6,9-11,18H,4,7-8H2,(H,19,20). The van der Waals surface area contributed by atoms with E-state index in [1.54, 1.807) is 12.1 Å². The van der Waals surface area contributed by atoms with Gasteiger partial charge in [-0.15, -0.1) is 0 Å². The first-order valence-electron chi connectivity index (χ1n) is 6.57. The lowest BCUT2D eigenvalue weighted by molar-refractivity contribution is 0.0698. The van der Waals surface area contributed by atoms with Crippen LogP contribution in [0.15, 0.2) is 48.5 Å². The summed E-state index contributed by atoms with van der Waals surface area (Å²) in [4.78, 5) is 11.0. The van der Waals surface area contributed by atoms with E-state index in [0.29, 0.717) is 5.69 Å². The minimum atomic E-state index is -0.978. The molecule has 2 rings (SSSR count). The third kappa shape index (κ3) is 3.64. The fourth-order valence-corrected chi connectivity index (χ4v) is 2.19. The molecule has 0 bridgehead atoms. The van der Waals surface area contributed by atoms with Gasteiger partial charge in [0.1, 0.15) is 0 Å². The van der Waals surface area contributed by atoms with E-state index in [-0.39, 0.29) is 5.56 Å². The Kier molecular flexibility index (Phi) is 4.83.